The standard InChI is InChI=1S/C9H13N5O/c1-3-7(4-10)9(15)14(2)5-8-11-6-12-13-8/h6-7H,3,5H2,1-2H3,(H,11,12,13). The molecule has 1 unspecified atom stereocenters. The van der Waals surface area contributed by atoms with Gasteiger partial charge in [-0.2, -0.15) is 10.4 Å². The van der Waals surface area contributed by atoms with E-state index in [9.17, 15) is 4.79 Å². The second-order valence-corrected chi connectivity index (χ2v) is 3.22. The Morgan fingerprint density at radius 2 is 2.53 bits per heavy atom. The van der Waals surface area contributed by atoms with Gasteiger partial charge in [-0.05, 0) is 6.42 Å². The van der Waals surface area contributed by atoms with Crippen molar-refractivity contribution in [2.24, 2.45) is 5.92 Å². The Morgan fingerprint density at radius 1 is 1.80 bits per heavy atom. The van der Waals surface area contributed by atoms with E-state index in [1.807, 2.05) is 13.0 Å². The van der Waals surface area contributed by atoms with Gasteiger partial charge >= 0.3 is 0 Å². The second-order valence-electron chi connectivity index (χ2n) is 3.22. The van der Waals surface area contributed by atoms with Crippen LogP contribution >= 0.6 is 0 Å². The van der Waals surface area contributed by atoms with Crippen molar-refractivity contribution in [2.45, 2.75) is 19.9 Å². The number of amides is 1. The first-order valence-corrected chi connectivity index (χ1v) is 4.67. The van der Waals surface area contributed by atoms with Crippen molar-refractivity contribution in [1.29, 1.82) is 5.26 Å². The molecule has 0 saturated carbocycles. The van der Waals surface area contributed by atoms with Crippen LogP contribution in [0, 0.1) is 17.2 Å². The maximum absolute atomic E-state index is 11.7. The van der Waals surface area contributed by atoms with E-state index >= 15 is 0 Å². The molecule has 6 nitrogen and oxygen atoms in total. The fraction of sp³-hybridized carbons (Fsp3) is 0.556. The minimum Gasteiger partial charge on any atom is -0.337 e. The number of rotatable bonds is 4. The van der Waals surface area contributed by atoms with E-state index in [0.717, 1.165) is 0 Å². The third kappa shape index (κ3) is 2.77. The predicted molar refractivity (Wildman–Crippen MR) is 52.3 cm³/mol. The molecule has 1 atom stereocenters. The van der Waals surface area contributed by atoms with Crippen LogP contribution in [0.3, 0.4) is 0 Å². The number of aromatic nitrogens is 3. The Labute approximate surface area is 87.9 Å². The molecule has 0 aromatic carbocycles. The maximum Gasteiger partial charge on any atom is 0.240 e. The molecule has 6 heteroatoms. The SMILES string of the molecule is CCC(C#N)C(=O)N(C)Cc1ncn[nH]1. The van der Waals surface area contributed by atoms with Gasteiger partial charge in [0.2, 0.25) is 5.91 Å². The number of carbonyl (C=O) groups is 1. The summed E-state index contributed by atoms with van der Waals surface area (Å²) in [4.78, 5) is 17.0. The van der Waals surface area contributed by atoms with E-state index in [0.29, 0.717) is 18.8 Å². The average molecular weight is 207 g/mol. The maximum atomic E-state index is 11.7. The van der Waals surface area contributed by atoms with E-state index in [-0.39, 0.29) is 5.91 Å². The summed E-state index contributed by atoms with van der Waals surface area (Å²) in [5, 5.41) is 15.1. The Balaban J connectivity index is 2.57. The smallest absolute Gasteiger partial charge is 0.240 e. The summed E-state index contributed by atoms with van der Waals surface area (Å²) in [6.07, 6.45) is 1.91. The van der Waals surface area contributed by atoms with Gasteiger partial charge in [0.25, 0.3) is 0 Å². The number of nitriles is 1. The Bertz CT molecular complexity index is 353. The molecule has 0 aliphatic heterocycles. The van der Waals surface area contributed by atoms with Crippen molar-refractivity contribution < 1.29 is 4.79 Å². The molecule has 1 N–H and O–H groups in total. The predicted octanol–water partition coefficient (Wildman–Crippen LogP) is 0.313. The minimum atomic E-state index is -0.571. The number of hydrogen-bond donors (Lipinski definition) is 1. The molecule has 0 spiro atoms. The summed E-state index contributed by atoms with van der Waals surface area (Å²) >= 11 is 0. The van der Waals surface area contributed by atoms with Crippen LogP contribution in [0.5, 0.6) is 0 Å². The molecule has 0 fully saturated rings. The quantitative estimate of drug-likeness (QED) is 0.770. The number of aromatic amines is 1. The van der Waals surface area contributed by atoms with Crippen LogP contribution < -0.4 is 0 Å². The largest absolute Gasteiger partial charge is 0.337 e. The van der Waals surface area contributed by atoms with E-state index in [2.05, 4.69) is 15.2 Å². The first kappa shape index (κ1) is 11.2. The number of nitrogens with zero attached hydrogens (tertiary/aromatic N) is 4. The van der Waals surface area contributed by atoms with Crippen molar-refractivity contribution in [1.82, 2.24) is 20.1 Å². The molecular formula is C9H13N5O. The molecule has 0 bridgehead atoms. The normalized spacial score (nSPS) is 11.8. The molecule has 15 heavy (non-hydrogen) atoms. The minimum absolute atomic E-state index is 0.184. The fourth-order valence-electron chi connectivity index (χ4n) is 1.20. The lowest BCUT2D eigenvalue weighted by atomic mass is 10.1. The van der Waals surface area contributed by atoms with Gasteiger partial charge in [-0.15, -0.1) is 0 Å². The van der Waals surface area contributed by atoms with Crippen molar-refractivity contribution in [3.63, 3.8) is 0 Å². The molecule has 1 rings (SSSR count). The number of H-pyrrole nitrogens is 1. The summed E-state index contributed by atoms with van der Waals surface area (Å²) in [5.74, 6) is -0.145. The third-order valence-electron chi connectivity index (χ3n) is 2.09. The Morgan fingerprint density at radius 3 is 3.00 bits per heavy atom. The summed E-state index contributed by atoms with van der Waals surface area (Å²) in [5.41, 5.74) is 0. The highest BCUT2D eigenvalue weighted by Gasteiger charge is 2.20. The first-order valence-electron chi connectivity index (χ1n) is 4.67. The first-order chi connectivity index (χ1) is 7.19. The molecule has 0 aliphatic rings. The van der Waals surface area contributed by atoms with Crippen LogP contribution in [-0.2, 0) is 11.3 Å². The molecule has 0 radical (unpaired) electrons. The Hall–Kier alpha value is -1.90. The molecule has 0 aliphatic carbocycles. The van der Waals surface area contributed by atoms with Crippen molar-refractivity contribution in [3.8, 4) is 6.07 Å². The van der Waals surface area contributed by atoms with Crippen LogP contribution in [0.25, 0.3) is 0 Å². The Kier molecular flexibility index (Phi) is 3.80. The number of hydrogen-bond acceptors (Lipinski definition) is 4. The van der Waals surface area contributed by atoms with Crippen LogP contribution in [0.1, 0.15) is 19.2 Å². The molecular weight excluding hydrogens is 194 g/mol. The molecule has 80 valence electrons. The second kappa shape index (κ2) is 5.10. The van der Waals surface area contributed by atoms with Crippen LogP contribution in [-0.4, -0.2) is 33.0 Å². The van der Waals surface area contributed by atoms with Crippen LogP contribution in [0.15, 0.2) is 6.33 Å². The summed E-state index contributed by atoms with van der Waals surface area (Å²) in [7, 11) is 1.64. The molecule has 0 saturated heterocycles. The summed E-state index contributed by atoms with van der Waals surface area (Å²) < 4.78 is 0. The van der Waals surface area contributed by atoms with E-state index in [1.165, 1.54) is 11.2 Å². The summed E-state index contributed by atoms with van der Waals surface area (Å²) in [6, 6.07) is 1.97. The number of nitrogens with one attached hydrogen (secondary N) is 1. The lowest BCUT2D eigenvalue weighted by Gasteiger charge is -2.17. The highest BCUT2D eigenvalue weighted by atomic mass is 16.2. The highest BCUT2D eigenvalue weighted by Crippen LogP contribution is 2.06. The van der Waals surface area contributed by atoms with Gasteiger partial charge in [0.05, 0.1) is 12.6 Å². The monoisotopic (exact) mass is 207 g/mol. The molecule has 1 aromatic rings. The van der Waals surface area contributed by atoms with Gasteiger partial charge in [-0.25, -0.2) is 4.98 Å². The van der Waals surface area contributed by atoms with Crippen LogP contribution in [0.4, 0.5) is 0 Å². The van der Waals surface area contributed by atoms with Crippen LogP contribution in [0.2, 0.25) is 0 Å². The van der Waals surface area contributed by atoms with Gasteiger partial charge in [0.15, 0.2) is 0 Å². The van der Waals surface area contributed by atoms with Gasteiger partial charge in [-0.3, -0.25) is 9.89 Å². The summed E-state index contributed by atoms with van der Waals surface area (Å²) in [6.45, 7) is 2.16. The zero-order valence-corrected chi connectivity index (χ0v) is 8.77. The molecule has 1 heterocycles. The topological polar surface area (TPSA) is 85.7 Å². The van der Waals surface area contributed by atoms with E-state index in [4.69, 9.17) is 5.26 Å². The lowest BCUT2D eigenvalue weighted by Crippen LogP contribution is -2.32. The van der Waals surface area contributed by atoms with Gasteiger partial charge in [0.1, 0.15) is 18.1 Å². The zero-order chi connectivity index (χ0) is 11.3. The van der Waals surface area contributed by atoms with Gasteiger partial charge in [-0.1, -0.05) is 6.92 Å². The van der Waals surface area contributed by atoms with E-state index in [1.54, 1.807) is 7.05 Å². The fourth-order valence-corrected chi connectivity index (χ4v) is 1.20. The third-order valence-corrected chi connectivity index (χ3v) is 2.09. The average Bonchev–Trinajstić information content (AvgIpc) is 2.72. The molecule has 1 aromatic heterocycles. The van der Waals surface area contributed by atoms with Crippen molar-refractivity contribution in [2.75, 3.05) is 7.05 Å². The van der Waals surface area contributed by atoms with Gasteiger partial charge in [0, 0.05) is 7.05 Å². The highest BCUT2D eigenvalue weighted by molar-refractivity contribution is 5.80. The zero-order valence-electron chi connectivity index (χ0n) is 8.77. The van der Waals surface area contributed by atoms with E-state index < -0.39 is 5.92 Å². The van der Waals surface area contributed by atoms with Gasteiger partial charge < -0.3 is 4.90 Å². The van der Waals surface area contributed by atoms with Crippen molar-refractivity contribution >= 4 is 5.91 Å². The molecule has 1 amide bonds. The lowest BCUT2D eigenvalue weighted by molar-refractivity contribution is -0.133. The number of carbonyl (C=O) groups excluding carboxylic acids is 1. The van der Waals surface area contributed by atoms with Crippen molar-refractivity contribution in [3.05, 3.63) is 12.2 Å².